The van der Waals surface area contributed by atoms with Crippen LogP contribution >= 0.6 is 0 Å². The summed E-state index contributed by atoms with van der Waals surface area (Å²) in [4.78, 5) is 13.1. The Bertz CT molecular complexity index is 685. The summed E-state index contributed by atoms with van der Waals surface area (Å²) in [5.41, 5.74) is 2.37. The third-order valence-corrected chi connectivity index (χ3v) is 3.33. The second-order valence-electron chi connectivity index (χ2n) is 5.21. The molecule has 0 bridgehead atoms. The van der Waals surface area contributed by atoms with Crippen molar-refractivity contribution >= 4 is 11.9 Å². The van der Waals surface area contributed by atoms with Gasteiger partial charge in [0, 0.05) is 13.1 Å². The Morgan fingerprint density at radius 1 is 0.457 bits per heavy atom. The SMILES string of the molecule is CC.CC.CC.CC.CC.CC.Cc1nc(NCc2ccccc2)nc(NCc2ccccc2)n1. The first-order valence-electron chi connectivity index (χ1n) is 13.6. The van der Waals surface area contributed by atoms with E-state index in [9.17, 15) is 0 Å². The molecule has 0 aliphatic rings. The number of hydrogen-bond donors (Lipinski definition) is 2. The van der Waals surface area contributed by atoms with Crippen LogP contribution in [-0.2, 0) is 13.1 Å². The summed E-state index contributed by atoms with van der Waals surface area (Å²) in [6, 6.07) is 20.3. The monoisotopic (exact) mass is 485 g/mol. The molecule has 0 fully saturated rings. The summed E-state index contributed by atoms with van der Waals surface area (Å²) in [6.45, 7) is 27.2. The Balaban J connectivity index is -0.000000351. The van der Waals surface area contributed by atoms with E-state index >= 15 is 0 Å². The largest absolute Gasteiger partial charge is 0.350 e. The molecule has 3 aromatic rings. The van der Waals surface area contributed by atoms with E-state index in [-0.39, 0.29) is 0 Å². The Labute approximate surface area is 218 Å². The van der Waals surface area contributed by atoms with E-state index in [4.69, 9.17) is 0 Å². The lowest BCUT2D eigenvalue weighted by Crippen LogP contribution is -2.10. The number of anilines is 2. The molecule has 0 aliphatic heterocycles. The van der Waals surface area contributed by atoms with Crippen LogP contribution in [0.1, 0.15) is 100 Å². The predicted molar refractivity (Wildman–Crippen MR) is 160 cm³/mol. The molecule has 0 amide bonds. The van der Waals surface area contributed by atoms with E-state index in [0.717, 1.165) is 0 Å². The van der Waals surface area contributed by atoms with Gasteiger partial charge in [0.1, 0.15) is 5.82 Å². The van der Waals surface area contributed by atoms with E-state index in [1.165, 1.54) is 11.1 Å². The van der Waals surface area contributed by atoms with Crippen LogP contribution < -0.4 is 10.6 Å². The number of nitrogens with one attached hydrogen (secondary N) is 2. The summed E-state index contributed by atoms with van der Waals surface area (Å²) in [5.74, 6) is 1.85. The van der Waals surface area contributed by atoms with Gasteiger partial charge >= 0.3 is 0 Å². The highest BCUT2D eigenvalue weighted by atomic mass is 15.2. The van der Waals surface area contributed by atoms with Crippen LogP contribution in [0.25, 0.3) is 0 Å². The minimum atomic E-state index is 0.580. The average Bonchev–Trinajstić information content (AvgIpc) is 2.98. The molecule has 0 saturated heterocycles. The normalized spacial score (nSPS) is 7.80. The minimum absolute atomic E-state index is 0.580. The Hall–Kier alpha value is -2.95. The third-order valence-electron chi connectivity index (χ3n) is 3.33. The van der Waals surface area contributed by atoms with Gasteiger partial charge in [-0.25, -0.2) is 0 Å². The van der Waals surface area contributed by atoms with Crippen molar-refractivity contribution in [3.05, 3.63) is 77.6 Å². The van der Waals surface area contributed by atoms with Crippen LogP contribution in [0.15, 0.2) is 60.7 Å². The van der Waals surface area contributed by atoms with Crippen LogP contribution in [0.4, 0.5) is 11.9 Å². The van der Waals surface area contributed by atoms with E-state index < -0.39 is 0 Å². The molecule has 0 radical (unpaired) electrons. The second-order valence-corrected chi connectivity index (χ2v) is 5.21. The number of aromatic nitrogens is 3. The van der Waals surface area contributed by atoms with Crippen molar-refractivity contribution in [3.63, 3.8) is 0 Å². The maximum absolute atomic E-state index is 4.42. The summed E-state index contributed by atoms with van der Waals surface area (Å²) >= 11 is 0. The maximum Gasteiger partial charge on any atom is 0.228 e. The Kier molecular flexibility index (Phi) is 37.3. The highest BCUT2D eigenvalue weighted by Crippen LogP contribution is 2.09. The molecule has 0 atom stereocenters. The zero-order valence-electron chi connectivity index (χ0n) is 25.0. The molecule has 35 heavy (non-hydrogen) atoms. The zero-order valence-corrected chi connectivity index (χ0v) is 25.0. The van der Waals surface area contributed by atoms with Crippen molar-refractivity contribution in [2.75, 3.05) is 10.6 Å². The van der Waals surface area contributed by atoms with E-state index in [1.54, 1.807) is 0 Å². The molecule has 0 spiro atoms. The van der Waals surface area contributed by atoms with Crippen LogP contribution in [0.2, 0.25) is 0 Å². The van der Waals surface area contributed by atoms with Crippen molar-refractivity contribution in [2.24, 2.45) is 0 Å². The smallest absolute Gasteiger partial charge is 0.228 e. The van der Waals surface area contributed by atoms with Gasteiger partial charge in [-0.2, -0.15) is 15.0 Å². The van der Waals surface area contributed by atoms with Crippen molar-refractivity contribution in [2.45, 2.75) is 103 Å². The highest BCUT2D eigenvalue weighted by Gasteiger charge is 2.04. The molecule has 5 heteroatoms. The van der Waals surface area contributed by atoms with Gasteiger partial charge in [-0.1, -0.05) is 144 Å². The number of hydrogen-bond acceptors (Lipinski definition) is 5. The molecule has 0 unspecified atom stereocenters. The molecule has 0 aliphatic carbocycles. The molecule has 1 aromatic heterocycles. The van der Waals surface area contributed by atoms with Gasteiger partial charge in [0.25, 0.3) is 0 Å². The van der Waals surface area contributed by atoms with E-state index in [1.807, 2.05) is 126 Å². The zero-order chi connectivity index (χ0) is 27.9. The molecule has 5 nitrogen and oxygen atoms in total. The van der Waals surface area contributed by atoms with Gasteiger partial charge in [0.2, 0.25) is 11.9 Å². The molecule has 0 saturated carbocycles. The Morgan fingerprint density at radius 2 is 0.743 bits per heavy atom. The molecular weight excluding hydrogens is 430 g/mol. The maximum atomic E-state index is 4.42. The van der Waals surface area contributed by atoms with Gasteiger partial charge in [-0.15, -0.1) is 0 Å². The molecule has 2 aromatic carbocycles. The first kappa shape index (κ1) is 39.3. The van der Waals surface area contributed by atoms with Crippen molar-refractivity contribution in [3.8, 4) is 0 Å². The van der Waals surface area contributed by atoms with Crippen LogP contribution in [0, 0.1) is 6.92 Å². The summed E-state index contributed by atoms with van der Waals surface area (Å²) in [7, 11) is 0. The fraction of sp³-hybridized carbons (Fsp3) is 0.500. The third kappa shape index (κ3) is 21.3. The van der Waals surface area contributed by atoms with Gasteiger partial charge in [-0.05, 0) is 18.1 Å². The molecule has 2 N–H and O–H groups in total. The number of rotatable bonds is 6. The lowest BCUT2D eigenvalue weighted by Gasteiger charge is -2.09. The van der Waals surface area contributed by atoms with E-state index in [2.05, 4.69) is 49.9 Å². The number of aryl methyl sites for hydroxylation is 1. The molecule has 3 rings (SSSR count). The predicted octanol–water partition coefficient (Wildman–Crippen LogP) is 9.56. The summed E-state index contributed by atoms with van der Waals surface area (Å²) in [5, 5.41) is 6.48. The first-order chi connectivity index (χ1) is 17.3. The van der Waals surface area contributed by atoms with Gasteiger partial charge in [0.15, 0.2) is 0 Å². The highest BCUT2D eigenvalue weighted by molar-refractivity contribution is 5.36. The van der Waals surface area contributed by atoms with E-state index in [0.29, 0.717) is 30.8 Å². The minimum Gasteiger partial charge on any atom is -0.350 e. The van der Waals surface area contributed by atoms with Crippen molar-refractivity contribution < 1.29 is 0 Å². The standard InChI is InChI=1S/C18H19N5.6C2H6/c1-14-21-17(19-12-15-8-4-2-5-9-15)23-18(22-14)20-13-16-10-6-3-7-11-16;6*1-2/h2-11H,12-13H2,1H3,(H2,19,20,21,22,23);6*1-2H3. The van der Waals surface area contributed by atoms with Gasteiger partial charge in [0.05, 0.1) is 0 Å². The quantitative estimate of drug-likeness (QED) is 0.364. The van der Waals surface area contributed by atoms with Crippen LogP contribution in [-0.4, -0.2) is 15.0 Å². The lowest BCUT2D eigenvalue weighted by molar-refractivity contribution is 0.937. The topological polar surface area (TPSA) is 62.7 Å². The molecule has 1 heterocycles. The number of benzene rings is 2. The fourth-order valence-electron chi connectivity index (χ4n) is 2.19. The Morgan fingerprint density at radius 3 is 1.03 bits per heavy atom. The second kappa shape index (κ2) is 33.2. The summed E-state index contributed by atoms with van der Waals surface area (Å²) in [6.07, 6.45) is 0. The van der Waals surface area contributed by atoms with Crippen LogP contribution in [0.3, 0.4) is 0 Å². The first-order valence-corrected chi connectivity index (χ1v) is 13.6. The van der Waals surface area contributed by atoms with Crippen molar-refractivity contribution in [1.29, 1.82) is 0 Å². The fourth-order valence-corrected chi connectivity index (χ4v) is 2.19. The summed E-state index contributed by atoms with van der Waals surface area (Å²) < 4.78 is 0. The van der Waals surface area contributed by atoms with Crippen LogP contribution in [0.5, 0.6) is 0 Å². The number of nitrogens with zero attached hydrogens (tertiary/aromatic N) is 3. The molecule has 200 valence electrons. The average molecular weight is 486 g/mol. The lowest BCUT2D eigenvalue weighted by atomic mass is 10.2. The van der Waals surface area contributed by atoms with Gasteiger partial charge < -0.3 is 10.6 Å². The van der Waals surface area contributed by atoms with Crippen molar-refractivity contribution in [1.82, 2.24) is 15.0 Å². The van der Waals surface area contributed by atoms with Gasteiger partial charge in [-0.3, -0.25) is 0 Å². The molecular formula is C30H55N5.